The highest BCUT2D eigenvalue weighted by Crippen LogP contribution is 2.14. The quantitative estimate of drug-likeness (QED) is 0.606. The molecule has 0 aliphatic carbocycles. The zero-order chi connectivity index (χ0) is 17.2. The molecule has 2 heterocycles. The van der Waals surface area contributed by atoms with Crippen molar-refractivity contribution >= 4 is 22.5 Å². The minimum absolute atomic E-state index is 0.0786. The maximum absolute atomic E-state index is 12.5. The van der Waals surface area contributed by atoms with Crippen molar-refractivity contribution in [2.75, 3.05) is 5.32 Å². The first-order valence-electron chi connectivity index (χ1n) is 7.74. The zero-order valence-corrected chi connectivity index (χ0v) is 13.1. The van der Waals surface area contributed by atoms with E-state index < -0.39 is 5.91 Å². The predicted molar refractivity (Wildman–Crippen MR) is 96.1 cm³/mol. The van der Waals surface area contributed by atoms with Crippen molar-refractivity contribution in [1.29, 1.82) is 0 Å². The fourth-order valence-corrected chi connectivity index (χ4v) is 2.65. The number of nitrogens with zero attached hydrogens (tertiary/aromatic N) is 2. The summed E-state index contributed by atoms with van der Waals surface area (Å²) in [7, 11) is 0. The molecular formula is C19H14N4O2. The molecule has 1 amide bonds. The van der Waals surface area contributed by atoms with Gasteiger partial charge in [0.15, 0.2) is 0 Å². The average molecular weight is 330 g/mol. The van der Waals surface area contributed by atoms with Gasteiger partial charge in [-0.3, -0.25) is 9.59 Å². The van der Waals surface area contributed by atoms with Gasteiger partial charge in [-0.15, -0.1) is 0 Å². The molecule has 25 heavy (non-hydrogen) atoms. The number of para-hydroxylation sites is 1. The van der Waals surface area contributed by atoms with Crippen LogP contribution in [0.5, 0.6) is 0 Å². The van der Waals surface area contributed by atoms with Crippen LogP contribution in [0.15, 0.2) is 78.0 Å². The lowest BCUT2D eigenvalue weighted by atomic mass is 10.1. The number of hydrogen-bond acceptors (Lipinski definition) is 3. The Hall–Kier alpha value is -3.67. The summed E-state index contributed by atoms with van der Waals surface area (Å²) in [5, 5.41) is 7.39. The van der Waals surface area contributed by atoms with Gasteiger partial charge in [0.05, 0.1) is 5.69 Å². The Bertz CT molecular complexity index is 1100. The fraction of sp³-hybridized carbons (Fsp3) is 0. The molecule has 4 rings (SSSR count). The largest absolute Gasteiger partial charge is 0.360 e. The van der Waals surface area contributed by atoms with E-state index in [1.807, 2.05) is 30.5 Å². The number of fused-ring (bicyclic) bond motifs is 1. The van der Waals surface area contributed by atoms with Crippen LogP contribution in [0.25, 0.3) is 16.6 Å². The highest BCUT2D eigenvalue weighted by Gasteiger charge is 2.13. The molecule has 4 aromatic rings. The van der Waals surface area contributed by atoms with Crippen molar-refractivity contribution in [2.45, 2.75) is 0 Å². The van der Waals surface area contributed by atoms with E-state index in [1.165, 1.54) is 6.20 Å². The van der Waals surface area contributed by atoms with E-state index in [1.54, 1.807) is 41.2 Å². The number of pyridine rings is 1. The molecule has 0 aliphatic heterocycles. The molecular weight excluding hydrogens is 316 g/mol. The number of anilines is 1. The molecule has 0 spiro atoms. The number of amides is 1. The predicted octanol–water partition coefficient (Wildman–Crippen LogP) is 2.97. The molecule has 0 saturated carbocycles. The van der Waals surface area contributed by atoms with Crippen LogP contribution in [0.1, 0.15) is 10.4 Å². The smallest absolute Gasteiger partial charge is 0.261 e. The van der Waals surface area contributed by atoms with Crippen LogP contribution in [0.4, 0.5) is 5.69 Å². The highest BCUT2D eigenvalue weighted by atomic mass is 16.2. The maximum atomic E-state index is 12.5. The van der Waals surface area contributed by atoms with Gasteiger partial charge in [-0.2, -0.15) is 5.10 Å². The summed E-state index contributed by atoms with van der Waals surface area (Å²) < 4.78 is 1.72. The third-order valence-corrected chi connectivity index (χ3v) is 3.93. The molecule has 2 aromatic heterocycles. The summed E-state index contributed by atoms with van der Waals surface area (Å²) in [4.78, 5) is 27.9. The number of aromatic amines is 1. The van der Waals surface area contributed by atoms with Crippen LogP contribution in [0.2, 0.25) is 0 Å². The van der Waals surface area contributed by atoms with Gasteiger partial charge < -0.3 is 10.3 Å². The Kier molecular flexibility index (Phi) is 3.63. The van der Waals surface area contributed by atoms with Gasteiger partial charge in [0.2, 0.25) is 5.43 Å². The average Bonchev–Trinajstić information content (AvgIpc) is 3.17. The summed E-state index contributed by atoms with van der Waals surface area (Å²) in [5.41, 5.74) is 1.97. The van der Waals surface area contributed by atoms with Gasteiger partial charge >= 0.3 is 0 Å². The summed E-state index contributed by atoms with van der Waals surface area (Å²) in [6.45, 7) is 0. The van der Waals surface area contributed by atoms with E-state index in [2.05, 4.69) is 15.4 Å². The number of H-pyrrole nitrogens is 1. The van der Waals surface area contributed by atoms with E-state index in [9.17, 15) is 9.59 Å². The molecule has 0 unspecified atom stereocenters. The van der Waals surface area contributed by atoms with E-state index in [4.69, 9.17) is 0 Å². The number of hydrogen-bond donors (Lipinski definition) is 2. The lowest BCUT2D eigenvalue weighted by Crippen LogP contribution is -2.21. The molecule has 0 fully saturated rings. The minimum Gasteiger partial charge on any atom is -0.360 e. The van der Waals surface area contributed by atoms with Crippen LogP contribution < -0.4 is 10.7 Å². The van der Waals surface area contributed by atoms with Gasteiger partial charge in [-0.25, -0.2) is 4.68 Å². The molecule has 0 aliphatic rings. The van der Waals surface area contributed by atoms with Gasteiger partial charge in [0.1, 0.15) is 5.56 Å². The fourth-order valence-electron chi connectivity index (χ4n) is 2.65. The number of benzene rings is 2. The van der Waals surface area contributed by atoms with Gasteiger partial charge in [0, 0.05) is 35.2 Å². The highest BCUT2D eigenvalue weighted by molar-refractivity contribution is 6.05. The second-order valence-electron chi connectivity index (χ2n) is 5.53. The van der Waals surface area contributed by atoms with Crippen molar-refractivity contribution in [3.05, 3.63) is 89.0 Å². The molecule has 2 N–H and O–H groups in total. The first-order chi connectivity index (χ1) is 12.2. The van der Waals surface area contributed by atoms with Crippen molar-refractivity contribution < 1.29 is 4.79 Å². The summed E-state index contributed by atoms with van der Waals surface area (Å²) in [5.74, 6) is -0.446. The van der Waals surface area contributed by atoms with Crippen molar-refractivity contribution in [3.63, 3.8) is 0 Å². The summed E-state index contributed by atoms with van der Waals surface area (Å²) in [6, 6.07) is 16.2. The number of nitrogens with one attached hydrogen (secondary N) is 2. The second kappa shape index (κ2) is 6.09. The molecule has 0 saturated heterocycles. The molecule has 0 atom stereocenters. The maximum Gasteiger partial charge on any atom is 0.261 e. The van der Waals surface area contributed by atoms with Gasteiger partial charge in [-0.1, -0.05) is 12.1 Å². The standard InChI is InChI=1S/C19H14N4O2/c24-18-15-4-1-2-5-17(15)20-12-16(18)19(25)22-13-6-8-14(9-7-13)23-11-3-10-21-23/h1-12H,(H,20,24)(H,22,25). The number of carbonyl (C=O) groups is 1. The molecule has 6 heteroatoms. The lowest BCUT2D eigenvalue weighted by molar-refractivity contribution is 0.102. The third-order valence-electron chi connectivity index (χ3n) is 3.93. The van der Waals surface area contributed by atoms with Crippen LogP contribution >= 0.6 is 0 Å². The topological polar surface area (TPSA) is 79.8 Å². The zero-order valence-electron chi connectivity index (χ0n) is 13.1. The minimum atomic E-state index is -0.446. The summed E-state index contributed by atoms with van der Waals surface area (Å²) in [6.07, 6.45) is 4.97. The van der Waals surface area contributed by atoms with E-state index in [-0.39, 0.29) is 11.0 Å². The number of carbonyl (C=O) groups excluding carboxylic acids is 1. The Morgan fingerprint density at radius 1 is 1.04 bits per heavy atom. The van der Waals surface area contributed by atoms with E-state index >= 15 is 0 Å². The monoisotopic (exact) mass is 330 g/mol. The normalized spacial score (nSPS) is 10.7. The van der Waals surface area contributed by atoms with Gasteiger partial charge in [0.25, 0.3) is 5.91 Å². The van der Waals surface area contributed by atoms with Crippen LogP contribution in [-0.2, 0) is 0 Å². The molecule has 122 valence electrons. The number of rotatable bonds is 3. The van der Waals surface area contributed by atoms with Crippen LogP contribution in [-0.4, -0.2) is 20.7 Å². The van der Waals surface area contributed by atoms with Crippen molar-refractivity contribution in [1.82, 2.24) is 14.8 Å². The molecule has 0 radical (unpaired) electrons. The summed E-state index contributed by atoms with van der Waals surface area (Å²) >= 11 is 0. The number of aromatic nitrogens is 3. The first kappa shape index (κ1) is 14.9. The first-order valence-corrected chi connectivity index (χ1v) is 7.74. The SMILES string of the molecule is O=C(Nc1ccc(-n2cccn2)cc1)c1c[nH]c2ccccc2c1=O. The molecule has 2 aromatic carbocycles. The Morgan fingerprint density at radius 2 is 1.84 bits per heavy atom. The van der Waals surface area contributed by atoms with Gasteiger partial charge in [-0.05, 0) is 42.5 Å². The molecule has 0 bridgehead atoms. The van der Waals surface area contributed by atoms with E-state index in [0.717, 1.165) is 5.69 Å². The molecule has 6 nitrogen and oxygen atoms in total. The van der Waals surface area contributed by atoms with Crippen LogP contribution in [0, 0.1) is 0 Å². The lowest BCUT2D eigenvalue weighted by Gasteiger charge is -2.07. The Morgan fingerprint density at radius 3 is 2.60 bits per heavy atom. The van der Waals surface area contributed by atoms with Crippen LogP contribution in [0.3, 0.4) is 0 Å². The Balaban J connectivity index is 1.60. The van der Waals surface area contributed by atoms with Crippen molar-refractivity contribution in [3.8, 4) is 5.69 Å². The third kappa shape index (κ3) is 2.81. The van der Waals surface area contributed by atoms with Crippen molar-refractivity contribution in [2.24, 2.45) is 0 Å². The van der Waals surface area contributed by atoms with E-state index in [0.29, 0.717) is 16.6 Å². The second-order valence-corrected chi connectivity index (χ2v) is 5.53. The Labute approximate surface area is 142 Å².